The van der Waals surface area contributed by atoms with Crippen LogP contribution in [0.1, 0.15) is 11.1 Å². The number of benzene rings is 2. The molecule has 0 spiro atoms. The van der Waals surface area contributed by atoms with Gasteiger partial charge in [-0.3, -0.25) is 0 Å². The molecule has 5 heteroatoms. The Balaban J connectivity index is 2.28. The van der Waals surface area contributed by atoms with Gasteiger partial charge in [-0.1, -0.05) is 27.5 Å². The van der Waals surface area contributed by atoms with Crippen LogP contribution >= 0.6 is 27.5 Å². The maximum atomic E-state index is 6.24. The van der Waals surface area contributed by atoms with Gasteiger partial charge in [0.05, 0.1) is 16.1 Å². The highest BCUT2D eigenvalue weighted by Crippen LogP contribution is 2.32. The molecule has 102 valence electrons. The van der Waals surface area contributed by atoms with Gasteiger partial charge in [0.25, 0.3) is 0 Å². The lowest BCUT2D eigenvalue weighted by Gasteiger charge is -2.02. The quantitative estimate of drug-likeness (QED) is 0.617. The summed E-state index contributed by atoms with van der Waals surface area (Å²) in [5.41, 5.74) is 11.6. The van der Waals surface area contributed by atoms with E-state index in [9.17, 15) is 0 Å². The molecule has 20 heavy (non-hydrogen) atoms. The molecule has 0 unspecified atom stereocenters. The van der Waals surface area contributed by atoms with Crippen molar-refractivity contribution in [3.05, 3.63) is 44.9 Å². The monoisotopic (exact) mass is 349 g/mol. The third kappa shape index (κ3) is 2.09. The summed E-state index contributed by atoms with van der Waals surface area (Å²) in [4.78, 5) is 7.98. The molecule has 2 aromatic carbocycles. The van der Waals surface area contributed by atoms with Crippen LogP contribution in [0, 0.1) is 13.8 Å². The number of aromatic nitrogens is 2. The van der Waals surface area contributed by atoms with Crippen LogP contribution in [0.25, 0.3) is 22.4 Å². The Morgan fingerprint density at radius 1 is 1.20 bits per heavy atom. The second-order valence-corrected chi connectivity index (χ2v) is 6.09. The van der Waals surface area contributed by atoms with Crippen LogP contribution < -0.4 is 5.73 Å². The Morgan fingerprint density at radius 3 is 2.70 bits per heavy atom. The normalized spacial score (nSPS) is 11.2. The maximum absolute atomic E-state index is 6.24. The van der Waals surface area contributed by atoms with E-state index in [0.717, 1.165) is 32.5 Å². The smallest absolute Gasteiger partial charge is 0.140 e. The average molecular weight is 351 g/mol. The first kappa shape index (κ1) is 13.5. The molecular formula is C15H13BrClN3. The number of aromatic amines is 1. The Morgan fingerprint density at radius 2 is 1.95 bits per heavy atom. The summed E-state index contributed by atoms with van der Waals surface area (Å²) in [6.07, 6.45) is 0. The van der Waals surface area contributed by atoms with E-state index >= 15 is 0 Å². The molecule has 0 bridgehead atoms. The van der Waals surface area contributed by atoms with Crippen LogP contribution in [0.2, 0.25) is 5.02 Å². The highest BCUT2D eigenvalue weighted by atomic mass is 79.9. The summed E-state index contributed by atoms with van der Waals surface area (Å²) >= 11 is 9.80. The molecule has 0 amide bonds. The predicted octanol–water partition coefficient (Wildman–Crippen LogP) is 4.84. The lowest BCUT2D eigenvalue weighted by atomic mass is 10.1. The van der Waals surface area contributed by atoms with Crippen molar-refractivity contribution in [1.82, 2.24) is 9.97 Å². The van der Waals surface area contributed by atoms with E-state index < -0.39 is 0 Å². The summed E-state index contributed by atoms with van der Waals surface area (Å²) in [7, 11) is 0. The fourth-order valence-corrected chi connectivity index (χ4v) is 2.95. The van der Waals surface area contributed by atoms with Crippen LogP contribution in [-0.2, 0) is 0 Å². The highest BCUT2D eigenvalue weighted by Gasteiger charge is 2.13. The Bertz CT molecular complexity index is 824. The van der Waals surface area contributed by atoms with Gasteiger partial charge in [0.1, 0.15) is 5.82 Å². The molecule has 0 fully saturated rings. The minimum Gasteiger partial charge on any atom is -0.399 e. The fraction of sp³-hybridized carbons (Fsp3) is 0.133. The number of nitrogens with two attached hydrogens (primary N) is 1. The Kier molecular flexibility index (Phi) is 3.22. The molecule has 3 nitrogen and oxygen atoms in total. The van der Waals surface area contributed by atoms with Gasteiger partial charge in [-0.15, -0.1) is 0 Å². The standard InChI is InChI=1S/C15H13BrClN3/c1-7-8(2)14-13(6-11(7)16)19-15(20-14)10-5-9(18)3-4-12(10)17/h3-6H,18H2,1-2H3,(H,19,20). The molecule has 3 N–H and O–H groups in total. The number of aryl methyl sites for hydroxylation is 1. The van der Waals surface area contributed by atoms with Gasteiger partial charge in [-0.25, -0.2) is 4.98 Å². The van der Waals surface area contributed by atoms with E-state index in [0.29, 0.717) is 10.7 Å². The Hall–Kier alpha value is -1.52. The third-order valence-corrected chi connectivity index (χ3v) is 4.68. The van der Waals surface area contributed by atoms with Crippen molar-refractivity contribution in [2.45, 2.75) is 13.8 Å². The Labute approximate surface area is 130 Å². The number of fused-ring (bicyclic) bond motifs is 1. The predicted molar refractivity (Wildman–Crippen MR) is 88.1 cm³/mol. The van der Waals surface area contributed by atoms with Crippen LogP contribution in [0.3, 0.4) is 0 Å². The molecule has 0 atom stereocenters. The molecule has 3 rings (SSSR count). The number of hydrogen-bond donors (Lipinski definition) is 2. The van der Waals surface area contributed by atoms with Gasteiger partial charge >= 0.3 is 0 Å². The van der Waals surface area contributed by atoms with Crippen molar-refractivity contribution in [2.24, 2.45) is 0 Å². The number of H-pyrrole nitrogens is 1. The molecule has 1 heterocycles. The summed E-state index contributed by atoms with van der Waals surface area (Å²) in [5, 5.41) is 0.631. The van der Waals surface area contributed by atoms with Crippen molar-refractivity contribution < 1.29 is 0 Å². The van der Waals surface area contributed by atoms with Crippen molar-refractivity contribution in [3.63, 3.8) is 0 Å². The van der Waals surface area contributed by atoms with Gasteiger partial charge in [0.2, 0.25) is 0 Å². The first-order chi connectivity index (χ1) is 9.47. The zero-order chi connectivity index (χ0) is 14.4. The maximum Gasteiger partial charge on any atom is 0.140 e. The number of nitrogens with one attached hydrogen (secondary N) is 1. The number of rotatable bonds is 1. The van der Waals surface area contributed by atoms with E-state index in [4.69, 9.17) is 17.3 Å². The van der Waals surface area contributed by atoms with Crippen molar-refractivity contribution in [2.75, 3.05) is 5.73 Å². The molecule has 3 aromatic rings. The van der Waals surface area contributed by atoms with E-state index in [1.54, 1.807) is 12.1 Å². The lowest BCUT2D eigenvalue weighted by Crippen LogP contribution is -1.88. The minimum absolute atomic E-state index is 0.631. The summed E-state index contributed by atoms with van der Waals surface area (Å²) < 4.78 is 1.07. The van der Waals surface area contributed by atoms with Crippen LogP contribution in [0.5, 0.6) is 0 Å². The minimum atomic E-state index is 0.631. The van der Waals surface area contributed by atoms with Gasteiger partial charge < -0.3 is 10.7 Å². The topological polar surface area (TPSA) is 54.7 Å². The van der Waals surface area contributed by atoms with Crippen molar-refractivity contribution >= 4 is 44.3 Å². The zero-order valence-corrected chi connectivity index (χ0v) is 13.4. The SMILES string of the molecule is Cc1c(Br)cc2[nH]c(-c3cc(N)ccc3Cl)nc2c1C. The zero-order valence-electron chi connectivity index (χ0n) is 11.1. The first-order valence-corrected chi connectivity index (χ1v) is 7.35. The average Bonchev–Trinajstić information content (AvgIpc) is 2.83. The molecule has 0 saturated heterocycles. The number of nitrogen functional groups attached to an aromatic ring is 1. The van der Waals surface area contributed by atoms with Gasteiger partial charge in [0.15, 0.2) is 0 Å². The number of hydrogen-bond acceptors (Lipinski definition) is 2. The van der Waals surface area contributed by atoms with Crippen molar-refractivity contribution in [1.29, 1.82) is 0 Å². The number of nitrogens with zero attached hydrogens (tertiary/aromatic N) is 1. The highest BCUT2D eigenvalue weighted by molar-refractivity contribution is 9.10. The van der Waals surface area contributed by atoms with Gasteiger partial charge in [-0.2, -0.15) is 0 Å². The number of halogens is 2. The van der Waals surface area contributed by atoms with Crippen LogP contribution in [0.4, 0.5) is 5.69 Å². The first-order valence-electron chi connectivity index (χ1n) is 6.18. The number of imidazole rings is 1. The molecule has 0 aliphatic heterocycles. The van der Waals surface area contributed by atoms with Crippen LogP contribution in [0.15, 0.2) is 28.7 Å². The molecule has 1 aromatic heterocycles. The lowest BCUT2D eigenvalue weighted by molar-refractivity contribution is 1.31. The van der Waals surface area contributed by atoms with E-state index in [-0.39, 0.29) is 0 Å². The van der Waals surface area contributed by atoms with Crippen LogP contribution in [-0.4, -0.2) is 9.97 Å². The number of anilines is 1. The molecule has 0 aliphatic rings. The second kappa shape index (κ2) is 4.79. The molecule has 0 aliphatic carbocycles. The third-order valence-electron chi connectivity index (χ3n) is 3.52. The van der Waals surface area contributed by atoms with Gasteiger partial charge in [0, 0.05) is 15.7 Å². The fourth-order valence-electron chi connectivity index (χ4n) is 2.22. The summed E-state index contributed by atoms with van der Waals surface area (Å²) in [6.45, 7) is 4.13. The second-order valence-electron chi connectivity index (χ2n) is 4.83. The van der Waals surface area contributed by atoms with E-state index in [2.05, 4.69) is 39.7 Å². The summed E-state index contributed by atoms with van der Waals surface area (Å²) in [5.74, 6) is 0.734. The van der Waals surface area contributed by atoms with Crippen molar-refractivity contribution in [3.8, 4) is 11.4 Å². The molecule has 0 saturated carbocycles. The largest absolute Gasteiger partial charge is 0.399 e. The molecule has 0 radical (unpaired) electrons. The van der Waals surface area contributed by atoms with E-state index in [1.165, 1.54) is 5.56 Å². The van der Waals surface area contributed by atoms with Gasteiger partial charge in [-0.05, 0) is 49.2 Å². The summed E-state index contributed by atoms with van der Waals surface area (Å²) in [6, 6.07) is 7.43. The molecular weight excluding hydrogens is 338 g/mol. The van der Waals surface area contributed by atoms with E-state index in [1.807, 2.05) is 12.1 Å².